The van der Waals surface area contributed by atoms with Crippen LogP contribution in [0.5, 0.6) is 0 Å². The molecule has 2 N–H and O–H groups in total. The number of carbonyl (C=O) groups is 1. The van der Waals surface area contributed by atoms with E-state index in [1.807, 2.05) is 30.3 Å². The van der Waals surface area contributed by atoms with Gasteiger partial charge in [-0.25, -0.2) is 0 Å². The zero-order valence-corrected chi connectivity index (χ0v) is 15.2. The van der Waals surface area contributed by atoms with Gasteiger partial charge in [0.2, 0.25) is 5.91 Å². The first kappa shape index (κ1) is 17.7. The lowest BCUT2D eigenvalue weighted by Crippen LogP contribution is -2.24. The highest BCUT2D eigenvalue weighted by atomic mass is 35.5. The Bertz CT molecular complexity index is 889. The number of carbonyl (C=O) groups excluding carboxylic acids is 1. The number of amides is 1. The summed E-state index contributed by atoms with van der Waals surface area (Å²) in [5, 5.41) is 9.93. The predicted molar refractivity (Wildman–Crippen MR) is 100 cm³/mol. The SMILES string of the molecule is NC(=O)[C@@H](c1ccc(Sc2ccccc2)nn1)c1ccc(Cl)cc1Cl. The van der Waals surface area contributed by atoms with Gasteiger partial charge in [0.25, 0.3) is 0 Å². The Labute approximate surface area is 159 Å². The maximum Gasteiger partial charge on any atom is 0.231 e. The molecule has 0 aliphatic heterocycles. The number of nitrogens with zero attached hydrogens (tertiary/aromatic N) is 2. The fourth-order valence-electron chi connectivity index (χ4n) is 2.34. The van der Waals surface area contributed by atoms with E-state index < -0.39 is 11.8 Å². The van der Waals surface area contributed by atoms with Gasteiger partial charge >= 0.3 is 0 Å². The van der Waals surface area contributed by atoms with Crippen LogP contribution >= 0.6 is 35.0 Å². The molecular formula is C18H13Cl2N3OS. The molecule has 0 radical (unpaired) electrons. The molecule has 0 fully saturated rings. The highest BCUT2D eigenvalue weighted by Gasteiger charge is 2.24. The maximum absolute atomic E-state index is 12.0. The summed E-state index contributed by atoms with van der Waals surface area (Å²) < 4.78 is 0. The molecule has 1 aromatic heterocycles. The first-order valence-corrected chi connectivity index (χ1v) is 8.92. The van der Waals surface area contributed by atoms with Crippen LogP contribution in [0.1, 0.15) is 17.2 Å². The lowest BCUT2D eigenvalue weighted by Gasteiger charge is -2.15. The Morgan fingerprint density at radius 2 is 1.76 bits per heavy atom. The van der Waals surface area contributed by atoms with Crippen molar-refractivity contribution in [3.63, 3.8) is 0 Å². The first-order chi connectivity index (χ1) is 12.0. The van der Waals surface area contributed by atoms with Crippen LogP contribution in [0.4, 0.5) is 0 Å². The summed E-state index contributed by atoms with van der Waals surface area (Å²) in [5.41, 5.74) is 6.56. The number of nitrogens with two attached hydrogens (primary N) is 1. The summed E-state index contributed by atoms with van der Waals surface area (Å²) in [6, 6.07) is 18.3. The Morgan fingerprint density at radius 1 is 1.00 bits per heavy atom. The molecule has 3 rings (SSSR count). The van der Waals surface area contributed by atoms with E-state index in [0.29, 0.717) is 21.3 Å². The number of halogens is 2. The van der Waals surface area contributed by atoms with Gasteiger partial charge in [0.1, 0.15) is 10.9 Å². The second kappa shape index (κ2) is 7.87. The normalized spacial score (nSPS) is 11.9. The zero-order valence-electron chi connectivity index (χ0n) is 12.9. The molecule has 0 aliphatic carbocycles. The summed E-state index contributed by atoms with van der Waals surface area (Å²) in [4.78, 5) is 13.0. The van der Waals surface area contributed by atoms with Gasteiger partial charge in [-0.15, -0.1) is 5.10 Å². The number of rotatable bonds is 5. The molecule has 0 saturated heterocycles. The summed E-state index contributed by atoms with van der Waals surface area (Å²) in [6.45, 7) is 0. The lowest BCUT2D eigenvalue weighted by molar-refractivity contribution is -0.118. The van der Waals surface area contributed by atoms with Gasteiger partial charge in [0.15, 0.2) is 0 Å². The highest BCUT2D eigenvalue weighted by Crippen LogP contribution is 2.32. The molecule has 126 valence electrons. The minimum absolute atomic E-state index is 0.362. The third-order valence-electron chi connectivity index (χ3n) is 3.48. The van der Waals surface area contributed by atoms with E-state index in [1.165, 1.54) is 11.8 Å². The summed E-state index contributed by atoms with van der Waals surface area (Å²) >= 11 is 13.6. The Hall–Kier alpha value is -2.08. The van der Waals surface area contributed by atoms with E-state index in [4.69, 9.17) is 28.9 Å². The van der Waals surface area contributed by atoms with E-state index in [1.54, 1.807) is 30.3 Å². The van der Waals surface area contributed by atoms with Crippen molar-refractivity contribution in [2.24, 2.45) is 5.73 Å². The van der Waals surface area contributed by atoms with Gasteiger partial charge in [0.05, 0.1) is 5.69 Å². The van der Waals surface area contributed by atoms with Crippen LogP contribution in [0.25, 0.3) is 0 Å². The molecule has 0 bridgehead atoms. The fraction of sp³-hybridized carbons (Fsp3) is 0.0556. The third-order valence-corrected chi connectivity index (χ3v) is 4.98. The molecule has 0 saturated carbocycles. The number of benzene rings is 2. The van der Waals surface area contributed by atoms with Gasteiger partial charge in [-0.2, -0.15) is 5.10 Å². The van der Waals surface area contributed by atoms with Crippen molar-refractivity contribution in [2.75, 3.05) is 0 Å². The fourth-order valence-corrected chi connectivity index (χ4v) is 3.61. The summed E-state index contributed by atoms with van der Waals surface area (Å²) in [5.74, 6) is -1.34. The predicted octanol–water partition coefficient (Wildman–Crippen LogP) is 4.55. The van der Waals surface area contributed by atoms with Gasteiger partial charge < -0.3 is 5.73 Å². The van der Waals surface area contributed by atoms with Crippen molar-refractivity contribution in [1.82, 2.24) is 10.2 Å². The second-order valence-electron chi connectivity index (χ2n) is 5.21. The minimum atomic E-state index is -0.784. The van der Waals surface area contributed by atoms with Crippen LogP contribution in [0.2, 0.25) is 10.0 Å². The van der Waals surface area contributed by atoms with Crippen molar-refractivity contribution in [3.05, 3.63) is 82.0 Å². The monoisotopic (exact) mass is 389 g/mol. The zero-order chi connectivity index (χ0) is 17.8. The van der Waals surface area contributed by atoms with Gasteiger partial charge in [0, 0.05) is 14.9 Å². The number of hydrogen-bond acceptors (Lipinski definition) is 4. The first-order valence-electron chi connectivity index (χ1n) is 7.35. The van der Waals surface area contributed by atoms with E-state index in [2.05, 4.69) is 10.2 Å². The summed E-state index contributed by atoms with van der Waals surface area (Å²) in [6.07, 6.45) is 0. The van der Waals surface area contributed by atoms with E-state index in [-0.39, 0.29) is 0 Å². The highest BCUT2D eigenvalue weighted by molar-refractivity contribution is 7.99. The van der Waals surface area contributed by atoms with Crippen molar-refractivity contribution < 1.29 is 4.79 Å². The smallest absolute Gasteiger partial charge is 0.231 e. The van der Waals surface area contributed by atoms with Crippen LogP contribution in [0.3, 0.4) is 0 Å². The van der Waals surface area contributed by atoms with Gasteiger partial charge in [-0.1, -0.05) is 59.2 Å². The molecule has 4 nitrogen and oxygen atoms in total. The van der Waals surface area contributed by atoms with E-state index in [0.717, 1.165) is 9.92 Å². The Kier molecular flexibility index (Phi) is 5.58. The second-order valence-corrected chi connectivity index (χ2v) is 7.15. The lowest BCUT2D eigenvalue weighted by atomic mass is 9.95. The van der Waals surface area contributed by atoms with Crippen LogP contribution in [0, 0.1) is 0 Å². The standard InChI is InChI=1S/C18H13Cl2N3OS/c19-11-6-7-13(14(20)10-11)17(18(21)24)15-8-9-16(23-22-15)25-12-4-2-1-3-5-12/h1-10,17H,(H2,21,24)/t17-/m1/s1. The van der Waals surface area contributed by atoms with Crippen molar-refractivity contribution in [3.8, 4) is 0 Å². The molecule has 25 heavy (non-hydrogen) atoms. The van der Waals surface area contributed by atoms with E-state index >= 15 is 0 Å². The Morgan fingerprint density at radius 3 is 2.36 bits per heavy atom. The maximum atomic E-state index is 12.0. The molecular weight excluding hydrogens is 377 g/mol. The van der Waals surface area contributed by atoms with Gasteiger partial charge in [-0.3, -0.25) is 4.79 Å². The molecule has 0 spiro atoms. The minimum Gasteiger partial charge on any atom is -0.369 e. The quantitative estimate of drug-likeness (QED) is 0.694. The number of hydrogen-bond donors (Lipinski definition) is 1. The molecule has 1 amide bonds. The molecule has 1 atom stereocenters. The van der Waals surface area contributed by atoms with Crippen molar-refractivity contribution in [2.45, 2.75) is 15.8 Å². The Balaban J connectivity index is 1.89. The van der Waals surface area contributed by atoms with Crippen LogP contribution in [-0.4, -0.2) is 16.1 Å². The topological polar surface area (TPSA) is 68.9 Å². The van der Waals surface area contributed by atoms with Crippen LogP contribution in [0.15, 0.2) is 70.6 Å². The molecule has 0 aliphatic rings. The number of primary amides is 1. The van der Waals surface area contributed by atoms with Crippen molar-refractivity contribution >= 4 is 40.9 Å². The number of aromatic nitrogens is 2. The van der Waals surface area contributed by atoms with E-state index in [9.17, 15) is 4.79 Å². The average molecular weight is 390 g/mol. The summed E-state index contributed by atoms with van der Waals surface area (Å²) in [7, 11) is 0. The molecule has 7 heteroatoms. The average Bonchev–Trinajstić information content (AvgIpc) is 2.59. The largest absolute Gasteiger partial charge is 0.369 e. The third kappa shape index (κ3) is 4.31. The molecule has 1 heterocycles. The van der Waals surface area contributed by atoms with Gasteiger partial charge in [-0.05, 0) is 42.0 Å². The molecule has 3 aromatic rings. The van der Waals surface area contributed by atoms with Crippen molar-refractivity contribution in [1.29, 1.82) is 0 Å². The molecule has 0 unspecified atom stereocenters. The van der Waals surface area contributed by atoms with Crippen LogP contribution < -0.4 is 5.73 Å². The van der Waals surface area contributed by atoms with Crippen LogP contribution in [-0.2, 0) is 4.79 Å². The molecule has 2 aromatic carbocycles.